The third-order valence-electron chi connectivity index (χ3n) is 7.40. The van der Waals surface area contributed by atoms with Crippen molar-refractivity contribution < 1.29 is 48.1 Å². The van der Waals surface area contributed by atoms with E-state index in [-0.39, 0.29) is 39.5 Å². The molecule has 0 bridgehead atoms. The van der Waals surface area contributed by atoms with E-state index in [4.69, 9.17) is 0 Å². The maximum absolute atomic E-state index is 14.4. The maximum Gasteiger partial charge on any atom is 0.315 e. The summed E-state index contributed by atoms with van der Waals surface area (Å²) in [6.07, 6.45) is -0.203. The quantitative estimate of drug-likeness (QED) is 0.105. The fourth-order valence-electron chi connectivity index (χ4n) is 5.17. The fourth-order valence-corrected chi connectivity index (χ4v) is 7.38. The lowest BCUT2D eigenvalue weighted by Gasteiger charge is -2.19. The lowest BCUT2D eigenvalue weighted by molar-refractivity contribution is 0.106. The van der Waals surface area contributed by atoms with E-state index < -0.39 is 68.3 Å². The van der Waals surface area contributed by atoms with Gasteiger partial charge in [-0.15, -0.1) is 0 Å². The van der Waals surface area contributed by atoms with Crippen molar-refractivity contribution in [1.29, 1.82) is 0 Å². The number of carbonyl (C=O) groups excluding carboxylic acids is 1. The Labute approximate surface area is 288 Å². The molecule has 0 fully saturated rings. The number of rotatable bonds is 9. The molecule has 0 aliphatic heterocycles. The van der Waals surface area contributed by atoms with Crippen LogP contribution in [0.3, 0.4) is 0 Å². The van der Waals surface area contributed by atoms with Gasteiger partial charge in [0.05, 0.1) is 5.69 Å². The third-order valence-corrected chi connectivity index (χ3v) is 10.1. The van der Waals surface area contributed by atoms with Crippen LogP contribution in [0.15, 0.2) is 98.7 Å². The van der Waals surface area contributed by atoms with E-state index in [1.54, 1.807) is 37.4 Å². The van der Waals surface area contributed by atoms with Gasteiger partial charge in [-0.25, -0.2) is 0 Å². The van der Waals surface area contributed by atoms with Crippen molar-refractivity contribution in [3.8, 4) is 0 Å². The summed E-state index contributed by atoms with van der Waals surface area (Å²) in [5, 5.41) is 5.85. The number of benzene rings is 4. The minimum absolute atomic E-state index is 0.0326. The monoisotopic (exact) mass is 755 g/mol. The minimum Gasteiger partial charge on any atom is -0.324 e. The summed E-state index contributed by atoms with van der Waals surface area (Å²) in [5.74, 6) is -1.32. The molecule has 5 N–H and O–H groups in total. The molecule has 0 spiro atoms. The predicted octanol–water partition coefficient (Wildman–Crippen LogP) is 4.06. The summed E-state index contributed by atoms with van der Waals surface area (Å²) in [6, 6.07) is 18.0. The van der Waals surface area contributed by atoms with Crippen molar-refractivity contribution in [1.82, 2.24) is 15.0 Å². The van der Waals surface area contributed by atoms with Gasteiger partial charge in [-0.2, -0.15) is 49.7 Å². The summed E-state index contributed by atoms with van der Waals surface area (Å²) in [6.45, 7) is 0. The van der Waals surface area contributed by atoms with Crippen LogP contribution >= 0.6 is 0 Å². The average molecular weight is 756 g/mol. The Morgan fingerprint density at radius 3 is 2.18 bits per heavy atom. The largest absolute Gasteiger partial charge is 0.324 e. The molecular formula is C30H22FN7O10S3. The Bertz CT molecular complexity index is 2670. The lowest BCUT2D eigenvalue weighted by Crippen LogP contribution is -2.27. The van der Waals surface area contributed by atoms with Gasteiger partial charge >= 0.3 is 6.08 Å². The van der Waals surface area contributed by atoms with E-state index in [0.29, 0.717) is 5.69 Å². The second kappa shape index (κ2) is 12.9. The van der Waals surface area contributed by atoms with Gasteiger partial charge in [-0.1, -0.05) is 36.4 Å². The van der Waals surface area contributed by atoms with Crippen LogP contribution in [0.25, 0.3) is 16.8 Å². The molecule has 0 atom stereocenters. The minimum atomic E-state index is -5.17. The Morgan fingerprint density at radius 1 is 0.784 bits per heavy atom. The van der Waals surface area contributed by atoms with Crippen LogP contribution < -0.4 is 15.6 Å². The first-order valence-electron chi connectivity index (χ1n) is 14.1. The van der Waals surface area contributed by atoms with E-state index in [2.05, 4.69) is 30.8 Å². The summed E-state index contributed by atoms with van der Waals surface area (Å²) in [4.78, 5) is 24.0. The first kappa shape index (κ1) is 35.1. The standard InChI is InChI=1S/C30H22FN7O10S3/c1-38(18-6-3-2-4-7-18)30-34-28(31)33-29(35-30)32-17-10-11-19-16(14-17)15-24(50(43,44)45)25(26(19)39)37-36-22-13-12-20-21(27(22)51(46,47)48)8-5-9-23(20)49(40,41)42/h2-15,36H,1H3,(H,40,41,42)(H,43,44,45)(H,46,47,48)(H,32,33,34,35). The molecule has 262 valence electrons. The van der Waals surface area contributed by atoms with Crippen LogP contribution in [-0.4, -0.2) is 72.4 Å². The van der Waals surface area contributed by atoms with E-state index in [1.165, 1.54) is 23.1 Å². The Hall–Kier alpha value is -5.71. The van der Waals surface area contributed by atoms with E-state index in [9.17, 15) is 48.1 Å². The van der Waals surface area contributed by atoms with Crippen molar-refractivity contribution in [3.05, 3.63) is 101 Å². The van der Waals surface area contributed by atoms with Gasteiger partial charge in [0, 0.05) is 34.8 Å². The van der Waals surface area contributed by atoms with E-state index >= 15 is 0 Å². The maximum atomic E-state index is 14.4. The summed E-state index contributed by atoms with van der Waals surface area (Å²) < 4.78 is 118. The number of para-hydroxylation sites is 1. The van der Waals surface area contributed by atoms with Gasteiger partial charge in [-0.3, -0.25) is 23.9 Å². The zero-order valence-electron chi connectivity index (χ0n) is 25.6. The first-order valence-corrected chi connectivity index (χ1v) is 18.4. The zero-order chi connectivity index (χ0) is 36.9. The van der Waals surface area contributed by atoms with Crippen LogP contribution in [0.2, 0.25) is 0 Å². The molecule has 1 aliphatic carbocycles. The number of allylic oxidation sites excluding steroid dienone is 1. The summed E-state index contributed by atoms with van der Waals surface area (Å²) in [5.41, 5.74) is 1.46. The topological polar surface area (TPSA) is 259 Å². The second-order valence-corrected chi connectivity index (χ2v) is 14.8. The number of hydrogen-bond donors (Lipinski definition) is 5. The number of nitrogens with zero attached hydrogens (tertiary/aromatic N) is 5. The van der Waals surface area contributed by atoms with Gasteiger partial charge in [0.25, 0.3) is 30.4 Å². The number of anilines is 5. The molecule has 0 unspecified atom stereocenters. The molecule has 21 heteroatoms. The molecule has 0 saturated heterocycles. The van der Waals surface area contributed by atoms with Crippen LogP contribution in [0, 0.1) is 6.08 Å². The molecule has 17 nitrogen and oxygen atoms in total. The van der Waals surface area contributed by atoms with Crippen molar-refractivity contribution in [2.75, 3.05) is 22.7 Å². The number of aromatic nitrogens is 3. The zero-order valence-corrected chi connectivity index (χ0v) is 28.1. The van der Waals surface area contributed by atoms with Crippen molar-refractivity contribution in [3.63, 3.8) is 0 Å². The molecular weight excluding hydrogens is 734 g/mol. The number of nitrogens with one attached hydrogen (secondary N) is 2. The van der Waals surface area contributed by atoms with Gasteiger partial charge < -0.3 is 10.2 Å². The highest BCUT2D eigenvalue weighted by Gasteiger charge is 2.33. The number of hydrazone groups is 1. The van der Waals surface area contributed by atoms with E-state index in [1.807, 2.05) is 0 Å². The van der Waals surface area contributed by atoms with Gasteiger partial charge in [-0.05, 0) is 54.1 Å². The average Bonchev–Trinajstić information content (AvgIpc) is 3.05. The number of fused-ring (bicyclic) bond motifs is 2. The number of carbonyl (C=O) groups is 1. The van der Waals surface area contributed by atoms with Crippen LogP contribution in [0.4, 0.5) is 33.3 Å². The summed E-state index contributed by atoms with van der Waals surface area (Å²) >= 11 is 0. The highest BCUT2D eigenvalue weighted by molar-refractivity contribution is 7.91. The number of Topliss-reactive ketones (excluding diaryl/α,β-unsaturated/α-hetero) is 1. The highest BCUT2D eigenvalue weighted by atomic mass is 32.2. The van der Waals surface area contributed by atoms with Gasteiger partial charge in [0.2, 0.25) is 17.7 Å². The van der Waals surface area contributed by atoms with Crippen LogP contribution in [-0.2, 0) is 30.4 Å². The smallest absolute Gasteiger partial charge is 0.315 e. The molecule has 0 radical (unpaired) electrons. The molecule has 1 aliphatic rings. The SMILES string of the molecule is CN(c1ccccc1)c1nc(F)nc(Nc2ccc3c(c2)C=C(S(=O)(=O)O)C(=NNc2ccc4c(S(=O)(=O)O)cccc4c2S(=O)(=O)O)C3=O)n1. The Balaban J connectivity index is 1.37. The molecule has 5 aromatic rings. The third kappa shape index (κ3) is 7.15. The fraction of sp³-hybridized carbons (Fsp3) is 0.0333. The molecule has 51 heavy (non-hydrogen) atoms. The summed E-state index contributed by atoms with van der Waals surface area (Å²) in [7, 11) is -13.6. The molecule has 1 heterocycles. The van der Waals surface area contributed by atoms with Gasteiger partial charge in [0.1, 0.15) is 14.7 Å². The van der Waals surface area contributed by atoms with Gasteiger partial charge in [0.15, 0.2) is 5.71 Å². The Morgan fingerprint density at radius 2 is 1.51 bits per heavy atom. The molecule has 1 aromatic heterocycles. The second-order valence-electron chi connectivity index (χ2n) is 10.7. The number of ketones is 1. The first-order chi connectivity index (χ1) is 23.9. The molecule has 4 aromatic carbocycles. The Kier molecular flexibility index (Phi) is 8.87. The normalized spacial score (nSPS) is 14.3. The van der Waals surface area contributed by atoms with Crippen molar-refractivity contribution in [2.45, 2.75) is 9.79 Å². The van der Waals surface area contributed by atoms with Crippen molar-refractivity contribution in [2.24, 2.45) is 5.10 Å². The predicted molar refractivity (Wildman–Crippen MR) is 183 cm³/mol. The molecule has 0 amide bonds. The van der Waals surface area contributed by atoms with Crippen LogP contribution in [0.1, 0.15) is 15.9 Å². The number of hydrogen-bond acceptors (Lipinski definition) is 14. The molecule has 0 saturated carbocycles. The lowest BCUT2D eigenvalue weighted by atomic mass is 9.94. The van der Waals surface area contributed by atoms with E-state index in [0.717, 1.165) is 36.4 Å². The van der Waals surface area contributed by atoms with Crippen LogP contribution in [0.5, 0.6) is 0 Å². The molecule has 6 rings (SSSR count). The van der Waals surface area contributed by atoms with Crippen molar-refractivity contribution >= 4 is 87.7 Å². The highest BCUT2D eigenvalue weighted by Crippen LogP contribution is 2.35. The number of halogens is 1.